The number of nitrogens with two attached hydrogens (primary N) is 1. The molecule has 0 bridgehead atoms. The number of rotatable bonds is 2. The van der Waals surface area contributed by atoms with Crippen molar-refractivity contribution in [1.29, 1.82) is 5.26 Å². The predicted molar refractivity (Wildman–Crippen MR) is 69.8 cm³/mol. The summed E-state index contributed by atoms with van der Waals surface area (Å²) in [6.45, 7) is 0. The van der Waals surface area contributed by atoms with E-state index in [0.717, 1.165) is 4.47 Å². The fourth-order valence-corrected chi connectivity index (χ4v) is 1.72. The lowest BCUT2D eigenvalue weighted by Crippen LogP contribution is -1.90. The topological polar surface area (TPSA) is 59.0 Å². The Labute approximate surface area is 108 Å². The van der Waals surface area contributed by atoms with Crippen molar-refractivity contribution in [3.63, 3.8) is 0 Å². The van der Waals surface area contributed by atoms with Gasteiger partial charge in [-0.3, -0.25) is 0 Å². The molecule has 0 aromatic heterocycles. The van der Waals surface area contributed by atoms with Gasteiger partial charge in [0, 0.05) is 16.2 Å². The molecule has 2 rings (SSSR count). The predicted octanol–water partition coefficient (Wildman–Crippen LogP) is 3.70. The number of halogens is 1. The number of hydrogen-bond acceptors (Lipinski definition) is 3. The van der Waals surface area contributed by atoms with Crippen molar-refractivity contribution in [2.24, 2.45) is 0 Å². The lowest BCUT2D eigenvalue weighted by Gasteiger charge is -2.08. The van der Waals surface area contributed by atoms with Crippen molar-refractivity contribution in [2.75, 3.05) is 5.73 Å². The first kappa shape index (κ1) is 11.5. The van der Waals surface area contributed by atoms with Gasteiger partial charge in [0.15, 0.2) is 0 Å². The van der Waals surface area contributed by atoms with Crippen LogP contribution < -0.4 is 10.5 Å². The number of nitrogen functional groups attached to an aromatic ring is 1. The van der Waals surface area contributed by atoms with Crippen molar-refractivity contribution >= 4 is 21.6 Å². The Bertz CT molecular complexity index is 590. The van der Waals surface area contributed by atoms with Crippen molar-refractivity contribution in [1.82, 2.24) is 0 Å². The van der Waals surface area contributed by atoms with Gasteiger partial charge in [-0.25, -0.2) is 0 Å². The quantitative estimate of drug-likeness (QED) is 0.858. The molecule has 0 aliphatic rings. The number of anilines is 1. The first-order valence-corrected chi connectivity index (χ1v) is 5.71. The second-order valence-corrected chi connectivity index (χ2v) is 4.34. The van der Waals surface area contributed by atoms with Crippen LogP contribution in [0.15, 0.2) is 46.9 Å². The Balaban J connectivity index is 2.36. The summed E-state index contributed by atoms with van der Waals surface area (Å²) in [5, 5.41) is 8.97. The fourth-order valence-electron chi connectivity index (χ4n) is 1.38. The number of hydrogen-bond donors (Lipinski definition) is 1. The maximum absolute atomic E-state index is 8.97. The van der Waals surface area contributed by atoms with E-state index < -0.39 is 0 Å². The van der Waals surface area contributed by atoms with Gasteiger partial charge in [0.2, 0.25) is 0 Å². The van der Waals surface area contributed by atoms with Crippen LogP contribution in [0, 0.1) is 11.3 Å². The van der Waals surface area contributed by atoms with Gasteiger partial charge < -0.3 is 10.5 Å². The lowest BCUT2D eigenvalue weighted by molar-refractivity contribution is 0.481. The fraction of sp³-hybridized carbons (Fsp3) is 0. The van der Waals surface area contributed by atoms with Crippen LogP contribution in [0.4, 0.5) is 5.69 Å². The number of nitrogens with zero attached hydrogens (tertiary/aromatic N) is 1. The highest BCUT2D eigenvalue weighted by Crippen LogP contribution is 2.28. The first-order valence-electron chi connectivity index (χ1n) is 4.92. The molecule has 0 heterocycles. The Morgan fingerprint density at radius 1 is 1.18 bits per heavy atom. The number of ether oxygens (including phenoxy) is 1. The van der Waals surface area contributed by atoms with Crippen LogP contribution in [0.3, 0.4) is 0 Å². The molecule has 0 aliphatic carbocycles. The minimum Gasteiger partial charge on any atom is -0.456 e. The van der Waals surface area contributed by atoms with Gasteiger partial charge in [-0.1, -0.05) is 22.0 Å². The molecule has 0 saturated carbocycles. The van der Waals surface area contributed by atoms with Crippen LogP contribution >= 0.6 is 15.9 Å². The molecule has 0 spiro atoms. The van der Waals surface area contributed by atoms with E-state index in [-0.39, 0.29) is 0 Å². The number of benzene rings is 2. The highest BCUT2D eigenvalue weighted by Gasteiger charge is 2.05. The highest BCUT2D eigenvalue weighted by atomic mass is 79.9. The minimum atomic E-state index is 0.482. The third-order valence-electron chi connectivity index (χ3n) is 2.15. The monoisotopic (exact) mass is 288 g/mol. The molecule has 0 saturated heterocycles. The van der Waals surface area contributed by atoms with Gasteiger partial charge in [0.1, 0.15) is 17.6 Å². The average Bonchev–Trinajstić information content (AvgIpc) is 2.29. The summed E-state index contributed by atoms with van der Waals surface area (Å²) < 4.78 is 6.49. The molecular weight excluding hydrogens is 280 g/mol. The van der Waals surface area contributed by atoms with E-state index in [1.807, 2.05) is 0 Å². The second-order valence-electron chi connectivity index (χ2n) is 3.43. The molecular formula is C13H9BrN2O. The Morgan fingerprint density at radius 2 is 2.00 bits per heavy atom. The summed E-state index contributed by atoms with van der Waals surface area (Å²) >= 11 is 3.34. The Kier molecular flexibility index (Phi) is 3.31. The zero-order valence-electron chi connectivity index (χ0n) is 8.85. The molecule has 2 aromatic rings. The third-order valence-corrected chi connectivity index (χ3v) is 2.64. The van der Waals surface area contributed by atoms with Gasteiger partial charge in [-0.05, 0) is 30.3 Å². The van der Waals surface area contributed by atoms with E-state index in [2.05, 4.69) is 22.0 Å². The average molecular weight is 289 g/mol. The van der Waals surface area contributed by atoms with E-state index in [1.54, 1.807) is 42.5 Å². The maximum atomic E-state index is 8.97. The minimum absolute atomic E-state index is 0.482. The van der Waals surface area contributed by atoms with E-state index in [1.165, 1.54) is 0 Å². The van der Waals surface area contributed by atoms with Gasteiger partial charge >= 0.3 is 0 Å². The summed E-state index contributed by atoms with van der Waals surface area (Å²) in [5.74, 6) is 1.12. The standard InChI is InChI=1S/C13H9BrN2O/c14-10-5-4-9(8-15)13(6-10)17-12-3-1-2-11(16)7-12/h1-7H,16H2. The molecule has 2 aromatic carbocycles. The second kappa shape index (κ2) is 4.89. The number of nitriles is 1. The third kappa shape index (κ3) is 2.77. The van der Waals surface area contributed by atoms with Crippen LogP contribution in [0.2, 0.25) is 0 Å². The largest absolute Gasteiger partial charge is 0.456 e. The van der Waals surface area contributed by atoms with E-state index in [9.17, 15) is 0 Å². The van der Waals surface area contributed by atoms with Crippen molar-refractivity contribution in [3.05, 3.63) is 52.5 Å². The molecule has 3 nitrogen and oxygen atoms in total. The van der Waals surface area contributed by atoms with Crippen LogP contribution in [-0.2, 0) is 0 Å². The van der Waals surface area contributed by atoms with Gasteiger partial charge in [0.05, 0.1) is 5.56 Å². The molecule has 0 fully saturated rings. The molecule has 0 amide bonds. The van der Waals surface area contributed by atoms with Crippen molar-refractivity contribution in [3.8, 4) is 17.6 Å². The van der Waals surface area contributed by atoms with Gasteiger partial charge in [-0.2, -0.15) is 5.26 Å². The zero-order chi connectivity index (χ0) is 12.3. The van der Waals surface area contributed by atoms with Crippen LogP contribution in [0.1, 0.15) is 5.56 Å². The molecule has 0 atom stereocenters. The molecule has 0 unspecified atom stereocenters. The Hall–Kier alpha value is -1.99. The molecule has 0 aliphatic heterocycles. The SMILES string of the molecule is N#Cc1ccc(Br)cc1Oc1cccc(N)c1. The summed E-state index contributed by atoms with van der Waals surface area (Å²) in [7, 11) is 0. The lowest BCUT2D eigenvalue weighted by atomic mass is 10.2. The van der Waals surface area contributed by atoms with Crippen molar-refractivity contribution < 1.29 is 4.74 Å². The summed E-state index contributed by atoms with van der Waals surface area (Å²) in [4.78, 5) is 0. The maximum Gasteiger partial charge on any atom is 0.146 e. The smallest absolute Gasteiger partial charge is 0.146 e. The zero-order valence-corrected chi connectivity index (χ0v) is 10.4. The summed E-state index contributed by atoms with van der Waals surface area (Å²) in [6, 6.07) is 14.4. The Morgan fingerprint density at radius 3 is 2.71 bits per heavy atom. The van der Waals surface area contributed by atoms with Crippen LogP contribution in [-0.4, -0.2) is 0 Å². The van der Waals surface area contributed by atoms with E-state index in [4.69, 9.17) is 15.7 Å². The first-order chi connectivity index (χ1) is 8.19. The summed E-state index contributed by atoms with van der Waals surface area (Å²) in [6.07, 6.45) is 0. The summed E-state index contributed by atoms with van der Waals surface area (Å²) in [5.41, 5.74) is 6.76. The van der Waals surface area contributed by atoms with Crippen molar-refractivity contribution in [2.45, 2.75) is 0 Å². The van der Waals surface area contributed by atoms with Gasteiger partial charge in [0.25, 0.3) is 0 Å². The van der Waals surface area contributed by atoms with Crippen LogP contribution in [0.25, 0.3) is 0 Å². The normalized spacial score (nSPS) is 9.65. The molecule has 2 N–H and O–H groups in total. The molecule has 17 heavy (non-hydrogen) atoms. The molecule has 4 heteroatoms. The molecule has 84 valence electrons. The van der Waals surface area contributed by atoms with Gasteiger partial charge in [-0.15, -0.1) is 0 Å². The van der Waals surface area contributed by atoms with E-state index >= 15 is 0 Å². The van der Waals surface area contributed by atoms with Crippen LogP contribution in [0.5, 0.6) is 11.5 Å². The molecule has 0 radical (unpaired) electrons. The van der Waals surface area contributed by atoms with E-state index in [0.29, 0.717) is 22.7 Å². The highest BCUT2D eigenvalue weighted by molar-refractivity contribution is 9.10.